The quantitative estimate of drug-likeness (QED) is 0.261. The molecule has 0 spiro atoms. The van der Waals surface area contributed by atoms with Gasteiger partial charge in [0, 0.05) is 0 Å². The molecule has 0 nitrogen and oxygen atoms in total. The second-order valence-electron chi connectivity index (χ2n) is 8.30. The zero-order valence-corrected chi connectivity index (χ0v) is 16.8. The Labute approximate surface area is 171 Å². The number of rotatable bonds is 1. The summed E-state index contributed by atoms with van der Waals surface area (Å²) in [5.74, 6) is 0. The van der Waals surface area contributed by atoms with Crippen LogP contribution in [0.25, 0.3) is 49.0 Å². The van der Waals surface area contributed by atoms with Crippen LogP contribution in [0.15, 0.2) is 90.5 Å². The summed E-state index contributed by atoms with van der Waals surface area (Å²) >= 11 is 0. The second-order valence-corrected chi connectivity index (χ2v) is 8.30. The third-order valence-electron chi connectivity index (χ3n) is 6.72. The van der Waals surface area contributed by atoms with Gasteiger partial charge in [-0.25, -0.2) is 0 Å². The summed E-state index contributed by atoms with van der Waals surface area (Å²) in [6, 6.07) is 31.4. The molecule has 0 saturated carbocycles. The summed E-state index contributed by atoms with van der Waals surface area (Å²) in [5.41, 5.74) is 8.46. The predicted octanol–water partition coefficient (Wildman–Crippen LogP) is 8.16. The minimum Gasteiger partial charge on any atom is -0.0654 e. The van der Waals surface area contributed by atoms with Crippen molar-refractivity contribution in [1.29, 1.82) is 0 Å². The number of benzene rings is 5. The van der Waals surface area contributed by atoms with Gasteiger partial charge in [-0.3, -0.25) is 0 Å². The van der Waals surface area contributed by atoms with E-state index in [1.165, 1.54) is 65.7 Å². The van der Waals surface area contributed by atoms with E-state index < -0.39 is 0 Å². The Kier molecular flexibility index (Phi) is 3.46. The van der Waals surface area contributed by atoms with E-state index in [9.17, 15) is 0 Å². The first-order chi connectivity index (χ1) is 14.2. The molecule has 0 fully saturated rings. The van der Waals surface area contributed by atoms with Crippen molar-refractivity contribution >= 4 is 37.9 Å². The molecule has 0 aromatic heterocycles. The van der Waals surface area contributed by atoms with E-state index in [2.05, 4.69) is 98.8 Å². The number of hydrogen-bond acceptors (Lipinski definition) is 0. The first kappa shape index (κ1) is 16.6. The van der Waals surface area contributed by atoms with Gasteiger partial charge in [0.25, 0.3) is 0 Å². The Hall–Kier alpha value is -3.38. The highest BCUT2D eigenvalue weighted by molar-refractivity contribution is 6.14. The molecule has 138 valence electrons. The minimum absolute atomic E-state index is 1.08. The molecule has 0 amide bonds. The maximum absolute atomic E-state index is 2.34. The highest BCUT2D eigenvalue weighted by Gasteiger charge is 2.19. The fourth-order valence-electron chi connectivity index (χ4n) is 5.01. The fourth-order valence-corrected chi connectivity index (χ4v) is 5.01. The zero-order chi connectivity index (χ0) is 19.5. The normalized spacial score (nSPS) is 13.6. The summed E-state index contributed by atoms with van der Waals surface area (Å²) in [5, 5.41) is 8.02. The Morgan fingerprint density at radius 1 is 0.552 bits per heavy atom. The molecule has 0 heterocycles. The van der Waals surface area contributed by atoms with Crippen LogP contribution >= 0.6 is 0 Å². The van der Waals surface area contributed by atoms with Gasteiger partial charge in [-0.15, -0.1) is 0 Å². The summed E-state index contributed by atoms with van der Waals surface area (Å²) < 4.78 is 0. The van der Waals surface area contributed by atoms with Gasteiger partial charge in [0.05, 0.1) is 0 Å². The van der Waals surface area contributed by atoms with E-state index in [1.807, 2.05) is 0 Å². The average Bonchev–Trinajstić information content (AvgIpc) is 3.06. The summed E-state index contributed by atoms with van der Waals surface area (Å²) in [4.78, 5) is 0. The van der Waals surface area contributed by atoms with Crippen molar-refractivity contribution in [2.24, 2.45) is 0 Å². The lowest BCUT2D eigenvalue weighted by molar-refractivity contribution is 1.21. The van der Waals surface area contributed by atoms with Crippen molar-refractivity contribution in [3.05, 3.63) is 102 Å². The lowest BCUT2D eigenvalue weighted by Crippen LogP contribution is -1.89. The third kappa shape index (κ3) is 2.39. The predicted molar refractivity (Wildman–Crippen MR) is 126 cm³/mol. The average molecular weight is 370 g/mol. The first-order valence-electron chi connectivity index (χ1n) is 10.3. The van der Waals surface area contributed by atoms with Crippen LogP contribution in [-0.4, -0.2) is 0 Å². The van der Waals surface area contributed by atoms with Crippen LogP contribution in [-0.2, 0) is 6.42 Å². The highest BCUT2D eigenvalue weighted by Crippen LogP contribution is 2.40. The van der Waals surface area contributed by atoms with Gasteiger partial charge in [0.15, 0.2) is 0 Å². The zero-order valence-electron chi connectivity index (χ0n) is 16.8. The van der Waals surface area contributed by atoms with Crippen molar-refractivity contribution in [3.8, 4) is 11.1 Å². The van der Waals surface area contributed by atoms with Crippen LogP contribution in [0.3, 0.4) is 0 Å². The lowest BCUT2D eigenvalue weighted by Gasteiger charge is -2.13. The number of allylic oxidation sites excluding steroid dienone is 2. The molecule has 1 aliphatic carbocycles. The molecule has 0 N–H and O–H groups in total. The van der Waals surface area contributed by atoms with E-state index >= 15 is 0 Å². The number of hydrogen-bond donors (Lipinski definition) is 0. The summed E-state index contributed by atoms with van der Waals surface area (Å²) in [7, 11) is 0. The van der Waals surface area contributed by atoms with Crippen LogP contribution < -0.4 is 0 Å². The monoisotopic (exact) mass is 370 g/mol. The topological polar surface area (TPSA) is 0 Å². The SMILES string of the molecule is CC1=C(C)c2ccc3c(ccc4c(-c5ccc6ccccc6c5)cccc43)c2C1. The maximum Gasteiger partial charge on any atom is -0.00517 e. The van der Waals surface area contributed by atoms with Crippen molar-refractivity contribution in [1.82, 2.24) is 0 Å². The Morgan fingerprint density at radius 3 is 2.21 bits per heavy atom. The molecule has 5 aromatic carbocycles. The fraction of sp³-hybridized carbons (Fsp3) is 0.103. The van der Waals surface area contributed by atoms with E-state index in [0.717, 1.165) is 6.42 Å². The molecule has 0 unspecified atom stereocenters. The van der Waals surface area contributed by atoms with Gasteiger partial charge in [-0.05, 0) is 86.5 Å². The van der Waals surface area contributed by atoms with Crippen LogP contribution in [0.5, 0.6) is 0 Å². The maximum atomic E-state index is 2.34. The van der Waals surface area contributed by atoms with Gasteiger partial charge in [0.1, 0.15) is 0 Å². The van der Waals surface area contributed by atoms with Crippen molar-refractivity contribution < 1.29 is 0 Å². The molecule has 0 atom stereocenters. The Morgan fingerprint density at radius 2 is 1.31 bits per heavy atom. The van der Waals surface area contributed by atoms with Crippen LogP contribution in [0.1, 0.15) is 25.0 Å². The molecule has 0 radical (unpaired) electrons. The summed E-state index contributed by atoms with van der Waals surface area (Å²) in [6.45, 7) is 4.52. The summed E-state index contributed by atoms with van der Waals surface area (Å²) in [6.07, 6.45) is 1.08. The largest absolute Gasteiger partial charge is 0.0654 e. The van der Waals surface area contributed by atoms with Crippen molar-refractivity contribution in [2.45, 2.75) is 20.3 Å². The Bertz CT molecular complexity index is 1480. The third-order valence-corrected chi connectivity index (χ3v) is 6.72. The standard InChI is InChI=1S/C29H22/c1-18-16-29-23(19(18)2)12-13-27-25-9-5-8-24(26(25)14-15-28(27)29)22-11-10-20-6-3-4-7-21(20)17-22/h3-15,17H,16H2,1-2H3. The van der Waals surface area contributed by atoms with E-state index in [1.54, 1.807) is 0 Å². The molecule has 0 heteroatoms. The molecule has 0 saturated heterocycles. The smallest absolute Gasteiger partial charge is 0.00517 e. The van der Waals surface area contributed by atoms with E-state index in [0.29, 0.717) is 0 Å². The van der Waals surface area contributed by atoms with Gasteiger partial charge in [0.2, 0.25) is 0 Å². The molecule has 6 rings (SSSR count). The molecular formula is C29H22. The molecule has 1 aliphatic rings. The van der Waals surface area contributed by atoms with Crippen molar-refractivity contribution in [2.75, 3.05) is 0 Å². The van der Waals surface area contributed by atoms with Crippen LogP contribution in [0, 0.1) is 0 Å². The first-order valence-corrected chi connectivity index (χ1v) is 10.3. The molecule has 29 heavy (non-hydrogen) atoms. The molecule has 0 bridgehead atoms. The molecule has 5 aromatic rings. The van der Waals surface area contributed by atoms with Crippen molar-refractivity contribution in [3.63, 3.8) is 0 Å². The van der Waals surface area contributed by atoms with E-state index in [-0.39, 0.29) is 0 Å². The van der Waals surface area contributed by atoms with Gasteiger partial charge in [-0.1, -0.05) is 84.4 Å². The molecule has 0 aliphatic heterocycles. The van der Waals surface area contributed by atoms with Gasteiger partial charge >= 0.3 is 0 Å². The second kappa shape index (κ2) is 6.06. The van der Waals surface area contributed by atoms with Gasteiger partial charge < -0.3 is 0 Å². The lowest BCUT2D eigenvalue weighted by atomic mass is 9.91. The Balaban J connectivity index is 1.61. The number of fused-ring (bicyclic) bond motifs is 6. The molecular weight excluding hydrogens is 348 g/mol. The van der Waals surface area contributed by atoms with E-state index in [4.69, 9.17) is 0 Å². The van der Waals surface area contributed by atoms with Crippen LogP contribution in [0.4, 0.5) is 0 Å². The van der Waals surface area contributed by atoms with Crippen LogP contribution in [0.2, 0.25) is 0 Å². The van der Waals surface area contributed by atoms with Gasteiger partial charge in [-0.2, -0.15) is 0 Å². The highest BCUT2D eigenvalue weighted by atomic mass is 14.2. The minimum atomic E-state index is 1.08.